The first-order valence-corrected chi connectivity index (χ1v) is 11.1. The molecule has 1 aliphatic heterocycles. The Morgan fingerprint density at radius 2 is 1.93 bits per heavy atom. The van der Waals surface area contributed by atoms with Gasteiger partial charge in [0.2, 0.25) is 0 Å². The summed E-state index contributed by atoms with van der Waals surface area (Å²) in [6.45, 7) is 4.31. The van der Waals surface area contributed by atoms with Crippen molar-refractivity contribution < 1.29 is 24.2 Å². The number of esters is 1. The first kappa shape index (κ1) is 21.0. The Balaban J connectivity index is 1.40. The number of carbonyl (C=O) groups excluding carboxylic acids is 2. The summed E-state index contributed by atoms with van der Waals surface area (Å²) in [6, 6.07) is 8.98. The number of ether oxygens (including phenoxy) is 2. The molecule has 0 amide bonds. The molecule has 30 heavy (non-hydrogen) atoms. The Labute approximate surface area is 180 Å². The zero-order valence-corrected chi connectivity index (χ0v) is 18.1. The molecule has 4 atom stereocenters. The SMILES string of the molecule is COC(=O)c1ccccc1O[C@@H]1C[C@@H]2CN(Cc3csc(C(C)=O)c3)C[C@@H]2C[C@H]1O. The molecule has 1 aromatic carbocycles. The van der Waals surface area contributed by atoms with Gasteiger partial charge in [0.1, 0.15) is 17.4 Å². The number of carbonyl (C=O) groups is 2. The van der Waals surface area contributed by atoms with Crippen LogP contribution in [0.5, 0.6) is 5.75 Å². The van der Waals surface area contributed by atoms with Crippen molar-refractivity contribution in [2.24, 2.45) is 11.8 Å². The summed E-state index contributed by atoms with van der Waals surface area (Å²) in [7, 11) is 1.35. The van der Waals surface area contributed by atoms with Crippen molar-refractivity contribution in [2.45, 2.75) is 38.5 Å². The van der Waals surface area contributed by atoms with Gasteiger partial charge in [0.25, 0.3) is 0 Å². The summed E-state index contributed by atoms with van der Waals surface area (Å²) < 4.78 is 10.9. The van der Waals surface area contributed by atoms with Gasteiger partial charge < -0.3 is 14.6 Å². The highest BCUT2D eigenvalue weighted by Crippen LogP contribution is 2.39. The predicted molar refractivity (Wildman–Crippen MR) is 114 cm³/mol. The van der Waals surface area contributed by atoms with Gasteiger partial charge in [0, 0.05) is 19.6 Å². The van der Waals surface area contributed by atoms with Gasteiger partial charge in [-0.3, -0.25) is 9.69 Å². The Morgan fingerprint density at radius 1 is 1.20 bits per heavy atom. The number of hydrogen-bond acceptors (Lipinski definition) is 7. The van der Waals surface area contributed by atoms with Crippen molar-refractivity contribution in [1.29, 1.82) is 0 Å². The molecule has 1 N–H and O–H groups in total. The molecule has 1 saturated carbocycles. The number of ketones is 1. The Kier molecular flexibility index (Phi) is 6.22. The Bertz CT molecular complexity index is 926. The van der Waals surface area contributed by atoms with Crippen molar-refractivity contribution in [3.63, 3.8) is 0 Å². The van der Waals surface area contributed by atoms with Gasteiger partial charge in [-0.1, -0.05) is 12.1 Å². The number of fused-ring (bicyclic) bond motifs is 1. The lowest BCUT2D eigenvalue weighted by Gasteiger charge is -2.35. The standard InChI is InChI=1S/C23H27NO5S/c1-14(25)22-7-15(13-30-22)10-24-11-16-8-19(26)21(9-17(16)12-24)29-20-6-4-3-5-18(20)23(27)28-2/h3-7,13,16-17,19,21,26H,8-12H2,1-2H3/t16-,17+,19+,21+/m0/s1. The molecule has 0 radical (unpaired) electrons. The van der Waals surface area contributed by atoms with Crippen LogP contribution in [0.3, 0.4) is 0 Å². The summed E-state index contributed by atoms with van der Waals surface area (Å²) >= 11 is 1.50. The molecule has 1 saturated heterocycles. The maximum Gasteiger partial charge on any atom is 0.341 e. The largest absolute Gasteiger partial charge is 0.487 e. The molecule has 0 unspecified atom stereocenters. The van der Waals surface area contributed by atoms with E-state index in [0.717, 1.165) is 30.9 Å². The lowest BCUT2D eigenvalue weighted by Crippen LogP contribution is -2.42. The van der Waals surface area contributed by atoms with Crippen molar-refractivity contribution in [1.82, 2.24) is 4.90 Å². The summed E-state index contributed by atoms with van der Waals surface area (Å²) in [4.78, 5) is 26.7. The molecular formula is C23H27NO5S. The normalized spacial score (nSPS) is 26.2. The molecule has 2 aliphatic rings. The average Bonchev–Trinajstić information content (AvgIpc) is 3.35. The van der Waals surface area contributed by atoms with Crippen LogP contribution in [-0.4, -0.2) is 54.2 Å². The lowest BCUT2D eigenvalue weighted by atomic mass is 9.78. The molecule has 2 aromatic rings. The number of aliphatic hydroxyl groups excluding tert-OH is 1. The van der Waals surface area contributed by atoms with E-state index in [2.05, 4.69) is 10.3 Å². The van der Waals surface area contributed by atoms with E-state index >= 15 is 0 Å². The minimum Gasteiger partial charge on any atom is -0.487 e. The Hall–Kier alpha value is -2.22. The highest BCUT2D eigenvalue weighted by Gasteiger charge is 2.42. The van der Waals surface area contributed by atoms with Gasteiger partial charge in [0.05, 0.1) is 18.1 Å². The van der Waals surface area contributed by atoms with Crippen molar-refractivity contribution in [2.75, 3.05) is 20.2 Å². The number of aliphatic hydroxyl groups is 1. The summed E-state index contributed by atoms with van der Waals surface area (Å²) in [5.74, 6) is 0.992. The topological polar surface area (TPSA) is 76.1 Å². The van der Waals surface area contributed by atoms with Crippen LogP contribution in [0, 0.1) is 11.8 Å². The van der Waals surface area contributed by atoms with Crippen molar-refractivity contribution >= 4 is 23.1 Å². The van der Waals surface area contributed by atoms with Gasteiger partial charge >= 0.3 is 5.97 Å². The molecule has 6 nitrogen and oxygen atoms in total. The number of Topliss-reactive ketones (excluding diaryl/α,β-unsaturated/α-hetero) is 1. The third-order valence-corrected chi connectivity index (χ3v) is 7.22. The fourth-order valence-corrected chi connectivity index (χ4v) is 5.46. The zero-order chi connectivity index (χ0) is 21.3. The fourth-order valence-electron chi connectivity index (χ4n) is 4.66. The second-order valence-corrected chi connectivity index (χ2v) is 9.18. The summed E-state index contributed by atoms with van der Waals surface area (Å²) in [5, 5.41) is 12.8. The molecule has 7 heteroatoms. The summed E-state index contributed by atoms with van der Waals surface area (Å²) in [6.07, 6.45) is 0.527. The number of likely N-dealkylation sites (tertiary alicyclic amines) is 1. The molecule has 0 spiro atoms. The van der Waals surface area contributed by atoms with E-state index in [0.29, 0.717) is 29.6 Å². The van der Waals surface area contributed by atoms with Crippen molar-refractivity contribution in [3.05, 3.63) is 51.7 Å². The van der Waals surface area contributed by atoms with Gasteiger partial charge in [-0.05, 0) is 60.7 Å². The van der Waals surface area contributed by atoms with Gasteiger partial charge in [0.15, 0.2) is 5.78 Å². The van der Waals surface area contributed by atoms with Gasteiger partial charge in [-0.15, -0.1) is 11.3 Å². The average molecular weight is 430 g/mol. The number of thiophene rings is 1. The first-order chi connectivity index (χ1) is 14.4. The monoisotopic (exact) mass is 429 g/mol. The Morgan fingerprint density at radius 3 is 2.63 bits per heavy atom. The maximum absolute atomic E-state index is 12.0. The van der Waals surface area contributed by atoms with E-state index in [1.165, 1.54) is 24.0 Å². The predicted octanol–water partition coefficient (Wildman–Crippen LogP) is 3.39. The highest BCUT2D eigenvalue weighted by molar-refractivity contribution is 7.12. The molecule has 1 aliphatic carbocycles. The highest BCUT2D eigenvalue weighted by atomic mass is 32.1. The number of benzene rings is 1. The molecule has 160 valence electrons. The van der Waals surface area contributed by atoms with E-state index in [4.69, 9.17) is 9.47 Å². The molecule has 1 aromatic heterocycles. The van der Waals surface area contributed by atoms with E-state index in [9.17, 15) is 14.7 Å². The van der Waals surface area contributed by atoms with Crippen molar-refractivity contribution in [3.8, 4) is 5.75 Å². The molecule has 2 fully saturated rings. The van der Waals surface area contributed by atoms with E-state index < -0.39 is 12.1 Å². The lowest BCUT2D eigenvalue weighted by molar-refractivity contribution is -0.0237. The summed E-state index contributed by atoms with van der Waals surface area (Å²) in [5.41, 5.74) is 1.55. The third-order valence-electron chi connectivity index (χ3n) is 6.14. The van der Waals surface area contributed by atoms with Crippen LogP contribution in [0.25, 0.3) is 0 Å². The minimum atomic E-state index is -0.567. The third kappa shape index (κ3) is 4.43. The number of rotatable bonds is 6. The second-order valence-electron chi connectivity index (χ2n) is 8.27. The zero-order valence-electron chi connectivity index (χ0n) is 17.2. The molecule has 0 bridgehead atoms. The fraction of sp³-hybridized carbons (Fsp3) is 0.478. The van der Waals surface area contributed by atoms with Crippen LogP contribution in [0.1, 0.15) is 45.4 Å². The van der Waals surface area contributed by atoms with E-state index in [-0.39, 0.29) is 11.9 Å². The van der Waals surface area contributed by atoms with Crippen LogP contribution >= 0.6 is 11.3 Å². The maximum atomic E-state index is 12.0. The number of methoxy groups -OCH3 is 1. The van der Waals surface area contributed by atoms with E-state index in [1.807, 2.05) is 12.1 Å². The molecule has 2 heterocycles. The smallest absolute Gasteiger partial charge is 0.341 e. The number of nitrogens with zero attached hydrogens (tertiary/aromatic N) is 1. The van der Waals surface area contributed by atoms with Gasteiger partial charge in [-0.2, -0.15) is 0 Å². The van der Waals surface area contributed by atoms with Crippen LogP contribution in [0.2, 0.25) is 0 Å². The van der Waals surface area contributed by atoms with Crippen LogP contribution < -0.4 is 4.74 Å². The van der Waals surface area contributed by atoms with Crippen LogP contribution in [0.15, 0.2) is 35.7 Å². The quantitative estimate of drug-likeness (QED) is 0.560. The minimum absolute atomic E-state index is 0.108. The van der Waals surface area contributed by atoms with Crippen LogP contribution in [0.4, 0.5) is 0 Å². The molecule has 4 rings (SSSR count). The molecular weight excluding hydrogens is 402 g/mol. The number of hydrogen-bond donors (Lipinski definition) is 1. The van der Waals surface area contributed by atoms with Crippen LogP contribution in [-0.2, 0) is 11.3 Å². The first-order valence-electron chi connectivity index (χ1n) is 10.3. The second kappa shape index (κ2) is 8.88. The number of para-hydroxylation sites is 1. The van der Waals surface area contributed by atoms with E-state index in [1.54, 1.807) is 25.1 Å². The van der Waals surface area contributed by atoms with Gasteiger partial charge in [-0.25, -0.2) is 4.79 Å².